The first-order valence-electron chi connectivity index (χ1n) is 15.1. The molecule has 1 saturated heterocycles. The summed E-state index contributed by atoms with van der Waals surface area (Å²) < 4.78 is 13.6. The maximum Gasteiger partial charge on any atom is 0.225 e. The first-order valence-corrected chi connectivity index (χ1v) is 15.4. The van der Waals surface area contributed by atoms with E-state index in [-0.39, 0.29) is 12.0 Å². The lowest BCUT2D eigenvalue weighted by molar-refractivity contribution is -0.140. The Morgan fingerprint density at radius 2 is 1.76 bits per heavy atom. The predicted octanol–water partition coefficient (Wildman–Crippen LogP) is 6.57. The number of amides is 1. The maximum absolute atomic E-state index is 13.3. The van der Waals surface area contributed by atoms with E-state index < -0.39 is 0 Å². The minimum absolute atomic E-state index is 0.0881. The Kier molecular flexibility index (Phi) is 8.79. The van der Waals surface area contributed by atoms with E-state index >= 15 is 0 Å². The molecule has 1 aliphatic carbocycles. The summed E-state index contributed by atoms with van der Waals surface area (Å²) in [5.41, 5.74) is 6.22. The third kappa shape index (κ3) is 6.19. The minimum Gasteiger partial charge on any atom is -0.494 e. The van der Waals surface area contributed by atoms with E-state index in [0.29, 0.717) is 17.5 Å². The van der Waals surface area contributed by atoms with Crippen molar-refractivity contribution in [2.45, 2.75) is 45.3 Å². The number of carbonyl (C=O) groups is 1. The van der Waals surface area contributed by atoms with Gasteiger partial charge in [-0.2, -0.15) is 0 Å². The molecule has 2 unspecified atom stereocenters. The number of nitrogens with zero attached hydrogens (tertiary/aromatic N) is 4. The molecule has 2 aliphatic rings. The lowest BCUT2D eigenvalue weighted by Crippen LogP contribution is -2.50. The molecule has 0 spiro atoms. The van der Waals surface area contributed by atoms with E-state index in [1.54, 1.807) is 7.11 Å². The van der Waals surface area contributed by atoms with Gasteiger partial charge in [0, 0.05) is 62.5 Å². The van der Waals surface area contributed by atoms with Crippen molar-refractivity contribution in [1.29, 1.82) is 0 Å². The highest BCUT2D eigenvalue weighted by molar-refractivity contribution is 6.30. The molecule has 42 heavy (non-hydrogen) atoms. The lowest BCUT2D eigenvalue weighted by atomic mass is 9.86. The molecule has 1 aliphatic heterocycles. The Balaban J connectivity index is 1.26. The second-order valence-electron chi connectivity index (χ2n) is 11.3. The van der Waals surface area contributed by atoms with Gasteiger partial charge in [0.05, 0.1) is 24.1 Å². The Morgan fingerprint density at radius 1 is 0.976 bits per heavy atom. The van der Waals surface area contributed by atoms with Crippen LogP contribution in [0.3, 0.4) is 0 Å². The van der Waals surface area contributed by atoms with Crippen LogP contribution in [0.15, 0.2) is 66.9 Å². The van der Waals surface area contributed by atoms with Gasteiger partial charge in [-0.15, -0.1) is 0 Å². The number of hydrogen-bond donors (Lipinski definition) is 0. The number of hydrogen-bond acceptors (Lipinski definition) is 5. The number of aromatic nitrogens is 2. The lowest BCUT2D eigenvalue weighted by Gasteiger charge is -2.38. The van der Waals surface area contributed by atoms with Crippen LogP contribution in [0.5, 0.6) is 5.75 Å². The number of imidazole rings is 1. The molecular formula is C34H39ClN4O3. The van der Waals surface area contributed by atoms with Crippen LogP contribution in [-0.2, 0) is 16.1 Å². The summed E-state index contributed by atoms with van der Waals surface area (Å²) in [5.74, 6) is 1.25. The van der Waals surface area contributed by atoms with Crippen LogP contribution in [-0.4, -0.2) is 71.1 Å². The van der Waals surface area contributed by atoms with Crippen molar-refractivity contribution in [3.8, 4) is 28.1 Å². The largest absolute Gasteiger partial charge is 0.494 e. The highest BCUT2D eigenvalue weighted by atomic mass is 35.5. The summed E-state index contributed by atoms with van der Waals surface area (Å²) in [5, 5.41) is 0.705. The second kappa shape index (κ2) is 12.9. The first kappa shape index (κ1) is 28.7. The Bertz CT molecular complexity index is 1530. The number of fused-ring (bicyclic) bond motifs is 1. The number of rotatable bonds is 8. The number of piperazine rings is 1. The second-order valence-corrected chi connectivity index (χ2v) is 11.8. The highest BCUT2D eigenvalue weighted by Gasteiger charge is 2.32. The van der Waals surface area contributed by atoms with Crippen molar-refractivity contribution >= 4 is 23.2 Å². The number of benzene rings is 2. The molecule has 2 fully saturated rings. The van der Waals surface area contributed by atoms with Gasteiger partial charge < -0.3 is 18.8 Å². The smallest absolute Gasteiger partial charge is 0.225 e. The zero-order valence-electron chi connectivity index (χ0n) is 24.5. The normalized spacial score (nSPS) is 19.7. The highest BCUT2D eigenvalue weighted by Crippen LogP contribution is 2.31. The van der Waals surface area contributed by atoms with Crippen LogP contribution >= 0.6 is 11.6 Å². The average molecular weight is 587 g/mol. The molecule has 2 aromatic heterocycles. The first-order chi connectivity index (χ1) is 20.5. The third-order valence-corrected chi connectivity index (χ3v) is 8.93. The van der Waals surface area contributed by atoms with Crippen molar-refractivity contribution in [2.24, 2.45) is 5.92 Å². The standard InChI is InChI=1S/C34H39ClN4O3/c1-3-42-30-9-4-6-25(20-30)27-12-15-32-36-33(24-10-13-28(35)14-11-24)31(39(32)22-27)23-37-16-18-38(19-17-37)34(40)26-7-5-8-29(21-26)41-2/h4,6,9-15,20,22,26,29H,3,5,7-8,16-19,21,23H2,1-2H3. The van der Waals surface area contributed by atoms with E-state index in [4.69, 9.17) is 26.1 Å². The SMILES string of the molecule is CCOc1cccc(-c2ccc3nc(-c4ccc(Cl)cc4)c(CN4CCN(C(=O)C5CCCC(OC)C5)CC4)n3c2)c1. The summed E-state index contributed by atoms with van der Waals surface area (Å²) in [6.45, 7) is 6.51. The number of ether oxygens (including phenoxy) is 2. The van der Waals surface area contributed by atoms with Gasteiger partial charge in [0.25, 0.3) is 0 Å². The third-order valence-electron chi connectivity index (χ3n) is 8.68. The molecule has 2 aromatic carbocycles. The van der Waals surface area contributed by atoms with Gasteiger partial charge in [-0.05, 0) is 73.7 Å². The minimum atomic E-state index is 0.0881. The molecule has 7 nitrogen and oxygen atoms in total. The molecule has 0 radical (unpaired) electrons. The summed E-state index contributed by atoms with van der Waals surface area (Å²) in [6, 6.07) is 20.3. The van der Waals surface area contributed by atoms with Gasteiger partial charge in [-0.1, -0.05) is 42.3 Å². The van der Waals surface area contributed by atoms with Crippen LogP contribution in [0.4, 0.5) is 0 Å². The summed E-state index contributed by atoms with van der Waals surface area (Å²) in [4.78, 5) is 22.9. The monoisotopic (exact) mass is 586 g/mol. The Morgan fingerprint density at radius 3 is 2.52 bits per heavy atom. The zero-order valence-corrected chi connectivity index (χ0v) is 25.2. The molecule has 6 rings (SSSR count). The van der Waals surface area contributed by atoms with Crippen molar-refractivity contribution in [2.75, 3.05) is 39.9 Å². The zero-order chi connectivity index (χ0) is 29.1. The van der Waals surface area contributed by atoms with Gasteiger partial charge in [-0.25, -0.2) is 4.98 Å². The fourth-order valence-electron chi connectivity index (χ4n) is 6.37. The fraction of sp³-hybridized carbons (Fsp3) is 0.412. The number of methoxy groups -OCH3 is 1. The van der Waals surface area contributed by atoms with Crippen LogP contribution in [0.25, 0.3) is 28.0 Å². The molecule has 3 heterocycles. The Hall–Kier alpha value is -3.39. The topological polar surface area (TPSA) is 59.3 Å². The molecule has 0 bridgehead atoms. The van der Waals surface area contributed by atoms with E-state index in [0.717, 1.165) is 97.9 Å². The maximum atomic E-state index is 13.3. The van der Waals surface area contributed by atoms with E-state index in [1.165, 1.54) is 0 Å². The van der Waals surface area contributed by atoms with Crippen molar-refractivity contribution in [3.63, 3.8) is 0 Å². The van der Waals surface area contributed by atoms with Gasteiger partial charge in [-0.3, -0.25) is 9.69 Å². The van der Waals surface area contributed by atoms with Crippen LogP contribution < -0.4 is 4.74 Å². The van der Waals surface area contributed by atoms with Crippen molar-refractivity contribution < 1.29 is 14.3 Å². The van der Waals surface area contributed by atoms with Crippen molar-refractivity contribution in [1.82, 2.24) is 19.2 Å². The predicted molar refractivity (Wildman–Crippen MR) is 167 cm³/mol. The molecule has 0 N–H and O–H groups in total. The molecule has 1 amide bonds. The van der Waals surface area contributed by atoms with Gasteiger partial charge >= 0.3 is 0 Å². The van der Waals surface area contributed by atoms with E-state index in [2.05, 4.69) is 44.7 Å². The summed E-state index contributed by atoms with van der Waals surface area (Å²) >= 11 is 6.23. The quantitative estimate of drug-likeness (QED) is 0.234. The molecule has 2 atom stereocenters. The number of carbonyl (C=O) groups excluding carboxylic acids is 1. The molecular weight excluding hydrogens is 548 g/mol. The summed E-state index contributed by atoms with van der Waals surface area (Å²) in [6.07, 6.45) is 6.33. The molecule has 4 aromatic rings. The van der Waals surface area contributed by atoms with Crippen LogP contribution in [0.1, 0.15) is 38.3 Å². The molecule has 1 saturated carbocycles. The molecule has 220 valence electrons. The van der Waals surface area contributed by atoms with Gasteiger partial charge in [0.2, 0.25) is 5.91 Å². The fourth-order valence-corrected chi connectivity index (χ4v) is 6.49. The number of halogens is 1. The van der Waals surface area contributed by atoms with E-state index in [9.17, 15) is 4.79 Å². The van der Waals surface area contributed by atoms with E-state index in [1.807, 2.05) is 43.3 Å². The van der Waals surface area contributed by atoms with Crippen LogP contribution in [0.2, 0.25) is 5.02 Å². The Labute approximate surface area is 253 Å². The summed E-state index contributed by atoms with van der Waals surface area (Å²) in [7, 11) is 1.76. The van der Waals surface area contributed by atoms with Crippen molar-refractivity contribution in [3.05, 3.63) is 77.6 Å². The molecule has 8 heteroatoms. The van der Waals surface area contributed by atoms with Crippen LogP contribution in [0, 0.1) is 5.92 Å². The van der Waals surface area contributed by atoms with Gasteiger partial charge in [0.1, 0.15) is 11.4 Å². The van der Waals surface area contributed by atoms with Gasteiger partial charge in [0.15, 0.2) is 0 Å². The average Bonchev–Trinajstić information content (AvgIpc) is 3.39. The number of pyridine rings is 1.